The number of nitrogens with two attached hydrogens (primary N) is 1. The van der Waals surface area contributed by atoms with Gasteiger partial charge in [-0.25, -0.2) is 0 Å². The van der Waals surface area contributed by atoms with Crippen LogP contribution in [0.3, 0.4) is 0 Å². The van der Waals surface area contributed by atoms with Gasteiger partial charge in [0.2, 0.25) is 0 Å². The van der Waals surface area contributed by atoms with Gasteiger partial charge < -0.3 is 10.5 Å². The molecule has 0 aromatic carbocycles. The highest BCUT2D eigenvalue weighted by Gasteiger charge is 2.25. The molecule has 0 aromatic heterocycles. The van der Waals surface area contributed by atoms with Gasteiger partial charge in [0, 0.05) is 13.0 Å². The molecule has 0 aromatic rings. The lowest BCUT2D eigenvalue weighted by atomic mass is 10.2. The molecular formula is C9H18F3NO. The van der Waals surface area contributed by atoms with E-state index in [1.807, 2.05) is 6.92 Å². The first-order valence-electron chi connectivity index (χ1n) is 4.84. The summed E-state index contributed by atoms with van der Waals surface area (Å²) in [7, 11) is 0. The van der Waals surface area contributed by atoms with Crippen molar-refractivity contribution in [1.82, 2.24) is 0 Å². The Morgan fingerprint density at radius 2 is 1.93 bits per heavy atom. The third-order valence-electron chi connectivity index (χ3n) is 1.82. The van der Waals surface area contributed by atoms with Crippen LogP contribution in [-0.2, 0) is 4.74 Å². The van der Waals surface area contributed by atoms with E-state index in [-0.39, 0.29) is 19.1 Å². The molecule has 0 rings (SSSR count). The smallest absolute Gasteiger partial charge is 0.379 e. The second-order valence-electron chi connectivity index (χ2n) is 3.33. The lowest BCUT2D eigenvalue weighted by molar-refractivity contribution is -0.138. The normalized spacial score (nSPS) is 14.4. The van der Waals surface area contributed by atoms with Gasteiger partial charge in [0.25, 0.3) is 0 Å². The largest absolute Gasteiger partial charge is 0.389 e. The zero-order valence-electron chi connectivity index (χ0n) is 8.44. The summed E-state index contributed by atoms with van der Waals surface area (Å²) in [6.45, 7) is 2.62. The predicted octanol–water partition coefficient (Wildman–Crippen LogP) is 2.47. The molecule has 14 heavy (non-hydrogen) atoms. The van der Waals surface area contributed by atoms with Crippen molar-refractivity contribution in [1.29, 1.82) is 0 Å². The Morgan fingerprint density at radius 1 is 1.29 bits per heavy atom. The fraction of sp³-hybridized carbons (Fsp3) is 1.00. The molecule has 0 bridgehead atoms. The summed E-state index contributed by atoms with van der Waals surface area (Å²) in [4.78, 5) is 0. The molecule has 5 heteroatoms. The van der Waals surface area contributed by atoms with Crippen LogP contribution < -0.4 is 5.73 Å². The van der Waals surface area contributed by atoms with Crippen LogP contribution in [0.4, 0.5) is 13.2 Å². The Hall–Kier alpha value is -0.290. The molecule has 0 spiro atoms. The maximum atomic E-state index is 11.7. The van der Waals surface area contributed by atoms with Crippen molar-refractivity contribution in [2.75, 3.05) is 13.2 Å². The molecule has 1 unspecified atom stereocenters. The van der Waals surface area contributed by atoms with E-state index in [1.165, 1.54) is 0 Å². The summed E-state index contributed by atoms with van der Waals surface area (Å²) in [6.07, 6.45) is -3.13. The number of alkyl halides is 3. The highest BCUT2D eigenvalue weighted by Crippen LogP contribution is 2.21. The Bertz CT molecular complexity index is 139. The number of ether oxygens (including phenoxy) is 1. The van der Waals surface area contributed by atoms with E-state index in [9.17, 15) is 13.2 Å². The van der Waals surface area contributed by atoms with Crippen LogP contribution in [0, 0.1) is 0 Å². The lowest BCUT2D eigenvalue weighted by Crippen LogP contribution is -2.14. The van der Waals surface area contributed by atoms with E-state index >= 15 is 0 Å². The molecule has 0 saturated carbocycles. The minimum atomic E-state index is -4.07. The molecule has 0 saturated heterocycles. The van der Waals surface area contributed by atoms with E-state index in [1.54, 1.807) is 0 Å². The van der Waals surface area contributed by atoms with Crippen LogP contribution in [0.25, 0.3) is 0 Å². The molecule has 0 fully saturated rings. The van der Waals surface area contributed by atoms with Gasteiger partial charge >= 0.3 is 6.18 Å². The van der Waals surface area contributed by atoms with Crippen LogP contribution in [0.2, 0.25) is 0 Å². The van der Waals surface area contributed by atoms with Crippen molar-refractivity contribution < 1.29 is 17.9 Å². The van der Waals surface area contributed by atoms with E-state index in [0.717, 1.165) is 12.8 Å². The highest BCUT2D eigenvalue weighted by atomic mass is 19.4. The standard InChI is InChI=1S/C9H18F3NO/c1-8(4-2-6-13)14-7-3-5-9(10,11)12/h8H,2-7,13H2,1H3. The average molecular weight is 213 g/mol. The molecule has 0 heterocycles. The van der Waals surface area contributed by atoms with E-state index < -0.39 is 12.6 Å². The maximum Gasteiger partial charge on any atom is 0.389 e. The first-order valence-corrected chi connectivity index (χ1v) is 4.84. The first-order chi connectivity index (χ1) is 6.45. The van der Waals surface area contributed by atoms with Crippen molar-refractivity contribution in [2.24, 2.45) is 5.73 Å². The predicted molar refractivity (Wildman–Crippen MR) is 49.0 cm³/mol. The monoisotopic (exact) mass is 213 g/mol. The van der Waals surface area contributed by atoms with E-state index in [4.69, 9.17) is 10.5 Å². The summed E-state index contributed by atoms with van der Waals surface area (Å²) >= 11 is 0. The third-order valence-corrected chi connectivity index (χ3v) is 1.82. The fourth-order valence-electron chi connectivity index (χ4n) is 1.05. The van der Waals surface area contributed by atoms with Crippen LogP contribution in [0.15, 0.2) is 0 Å². The highest BCUT2D eigenvalue weighted by molar-refractivity contribution is 4.53. The molecule has 2 nitrogen and oxygen atoms in total. The van der Waals surface area contributed by atoms with E-state index in [2.05, 4.69) is 0 Å². The van der Waals surface area contributed by atoms with Gasteiger partial charge in [-0.2, -0.15) is 13.2 Å². The molecule has 0 amide bonds. The molecule has 86 valence electrons. The van der Waals surface area contributed by atoms with Gasteiger partial charge in [0.1, 0.15) is 0 Å². The Morgan fingerprint density at radius 3 is 2.43 bits per heavy atom. The van der Waals surface area contributed by atoms with Gasteiger partial charge in [-0.05, 0) is 32.7 Å². The van der Waals surface area contributed by atoms with Gasteiger partial charge in [-0.15, -0.1) is 0 Å². The topological polar surface area (TPSA) is 35.2 Å². The molecule has 0 aliphatic carbocycles. The average Bonchev–Trinajstić information content (AvgIpc) is 2.07. The summed E-state index contributed by atoms with van der Waals surface area (Å²) in [5.41, 5.74) is 5.28. The van der Waals surface area contributed by atoms with Gasteiger partial charge in [0.15, 0.2) is 0 Å². The Kier molecular flexibility index (Phi) is 6.92. The second-order valence-corrected chi connectivity index (χ2v) is 3.33. The minimum Gasteiger partial charge on any atom is -0.379 e. The molecule has 0 aliphatic rings. The number of rotatable bonds is 7. The van der Waals surface area contributed by atoms with Crippen molar-refractivity contribution in [3.8, 4) is 0 Å². The number of hydrogen-bond acceptors (Lipinski definition) is 2. The van der Waals surface area contributed by atoms with Crippen molar-refractivity contribution >= 4 is 0 Å². The second kappa shape index (κ2) is 7.06. The fourth-order valence-corrected chi connectivity index (χ4v) is 1.05. The first kappa shape index (κ1) is 13.7. The quantitative estimate of drug-likeness (QED) is 0.659. The van der Waals surface area contributed by atoms with Crippen LogP contribution in [-0.4, -0.2) is 25.4 Å². The lowest BCUT2D eigenvalue weighted by Gasteiger charge is -2.12. The zero-order valence-corrected chi connectivity index (χ0v) is 8.44. The van der Waals surface area contributed by atoms with Crippen molar-refractivity contribution in [2.45, 2.75) is 44.9 Å². The van der Waals surface area contributed by atoms with Crippen LogP contribution >= 0.6 is 0 Å². The minimum absolute atomic E-state index is 0.00628. The molecule has 2 N–H and O–H groups in total. The molecule has 1 atom stereocenters. The van der Waals surface area contributed by atoms with Crippen LogP contribution in [0.5, 0.6) is 0 Å². The maximum absolute atomic E-state index is 11.7. The zero-order chi connectivity index (χ0) is 11.0. The summed E-state index contributed by atoms with van der Waals surface area (Å²) in [5, 5.41) is 0. The Balaban J connectivity index is 3.27. The van der Waals surface area contributed by atoms with Crippen molar-refractivity contribution in [3.63, 3.8) is 0 Å². The molecule has 0 aliphatic heterocycles. The van der Waals surface area contributed by atoms with Gasteiger partial charge in [0.05, 0.1) is 6.10 Å². The summed E-state index contributed by atoms with van der Waals surface area (Å²) in [6, 6.07) is 0. The SMILES string of the molecule is CC(CCCN)OCCCC(F)(F)F. The van der Waals surface area contributed by atoms with Gasteiger partial charge in [-0.1, -0.05) is 0 Å². The summed E-state index contributed by atoms with van der Waals surface area (Å²) < 4.78 is 40.3. The molecule has 0 radical (unpaired) electrons. The van der Waals surface area contributed by atoms with Crippen molar-refractivity contribution in [3.05, 3.63) is 0 Å². The number of hydrogen-bond donors (Lipinski definition) is 1. The van der Waals surface area contributed by atoms with Gasteiger partial charge in [-0.3, -0.25) is 0 Å². The summed E-state index contributed by atoms with van der Waals surface area (Å²) in [5.74, 6) is 0. The van der Waals surface area contributed by atoms with Crippen LogP contribution in [0.1, 0.15) is 32.6 Å². The number of halogens is 3. The third kappa shape index (κ3) is 9.80. The Labute approximate surface area is 82.6 Å². The molecular weight excluding hydrogens is 195 g/mol. The van der Waals surface area contributed by atoms with E-state index in [0.29, 0.717) is 6.54 Å².